The van der Waals surface area contributed by atoms with E-state index in [4.69, 9.17) is 4.42 Å². The van der Waals surface area contributed by atoms with Gasteiger partial charge in [0.15, 0.2) is 5.76 Å². The minimum absolute atomic E-state index is 0.183. The van der Waals surface area contributed by atoms with Crippen LogP contribution in [0.25, 0.3) is 0 Å². The fourth-order valence-corrected chi connectivity index (χ4v) is 3.66. The van der Waals surface area contributed by atoms with E-state index in [0.717, 1.165) is 6.54 Å². The first-order valence-electron chi connectivity index (χ1n) is 10.1. The average molecular weight is 383 g/mol. The van der Waals surface area contributed by atoms with Crippen molar-refractivity contribution in [2.75, 3.05) is 25.0 Å². The highest BCUT2D eigenvalue weighted by atomic mass is 16.3. The van der Waals surface area contributed by atoms with Gasteiger partial charge in [-0.2, -0.15) is 0 Å². The van der Waals surface area contributed by atoms with Crippen LogP contribution in [0.3, 0.4) is 0 Å². The number of furan rings is 1. The molecule has 150 valence electrons. The minimum Gasteiger partial charge on any atom is -0.459 e. The van der Waals surface area contributed by atoms with Gasteiger partial charge in [-0.25, -0.2) is 0 Å². The Labute approximate surface area is 166 Å². The van der Waals surface area contributed by atoms with Gasteiger partial charge in [-0.3, -0.25) is 9.59 Å². The maximum Gasteiger partial charge on any atom is 0.293 e. The fraction of sp³-hybridized carbons (Fsp3) is 0.455. The number of para-hydroxylation sites is 1. The van der Waals surface area contributed by atoms with Crippen LogP contribution < -0.4 is 15.5 Å². The van der Waals surface area contributed by atoms with E-state index in [1.165, 1.54) is 49.7 Å². The summed E-state index contributed by atoms with van der Waals surface area (Å²) in [5, 5.41) is 6.51. The van der Waals surface area contributed by atoms with E-state index in [-0.39, 0.29) is 17.6 Å². The monoisotopic (exact) mass is 383 g/mol. The van der Waals surface area contributed by atoms with Crippen molar-refractivity contribution in [1.82, 2.24) is 10.6 Å². The number of hydrogen-bond acceptors (Lipinski definition) is 4. The van der Waals surface area contributed by atoms with Gasteiger partial charge in [0, 0.05) is 26.2 Å². The van der Waals surface area contributed by atoms with Crippen LogP contribution in [0.4, 0.5) is 5.69 Å². The van der Waals surface area contributed by atoms with Crippen LogP contribution in [0.2, 0.25) is 0 Å². The molecule has 0 aliphatic heterocycles. The van der Waals surface area contributed by atoms with Gasteiger partial charge in [0.25, 0.3) is 11.8 Å². The highest BCUT2D eigenvalue weighted by Gasteiger charge is 2.21. The molecular formula is C22H29N3O3. The molecule has 2 N–H and O–H groups in total. The number of rotatable bonds is 7. The van der Waals surface area contributed by atoms with Gasteiger partial charge in [-0.05, 0) is 37.1 Å². The zero-order chi connectivity index (χ0) is 19.8. The third-order valence-electron chi connectivity index (χ3n) is 5.25. The first kappa shape index (κ1) is 20.1. The predicted molar refractivity (Wildman–Crippen MR) is 110 cm³/mol. The summed E-state index contributed by atoms with van der Waals surface area (Å²) in [5.74, 6) is -0.233. The number of anilines is 1. The van der Waals surface area contributed by atoms with Crippen molar-refractivity contribution in [1.29, 1.82) is 0 Å². The summed E-state index contributed by atoms with van der Waals surface area (Å²) in [6.45, 7) is 1.30. The molecule has 0 atom stereocenters. The van der Waals surface area contributed by atoms with Crippen molar-refractivity contribution < 1.29 is 14.0 Å². The van der Waals surface area contributed by atoms with Crippen LogP contribution in [0, 0.1) is 0 Å². The number of carbonyl (C=O) groups is 2. The van der Waals surface area contributed by atoms with Crippen molar-refractivity contribution in [3.63, 3.8) is 0 Å². The van der Waals surface area contributed by atoms with Crippen molar-refractivity contribution >= 4 is 17.5 Å². The molecule has 0 radical (unpaired) electrons. The van der Waals surface area contributed by atoms with Crippen molar-refractivity contribution in [2.24, 2.45) is 0 Å². The van der Waals surface area contributed by atoms with E-state index in [9.17, 15) is 9.59 Å². The quantitative estimate of drug-likeness (QED) is 0.566. The second kappa shape index (κ2) is 10.1. The molecule has 0 unspecified atom stereocenters. The maximum atomic E-state index is 12.7. The van der Waals surface area contributed by atoms with E-state index in [2.05, 4.69) is 10.6 Å². The van der Waals surface area contributed by atoms with Crippen LogP contribution in [0.5, 0.6) is 0 Å². The van der Waals surface area contributed by atoms with Gasteiger partial charge < -0.3 is 20.0 Å². The summed E-state index contributed by atoms with van der Waals surface area (Å²) in [7, 11) is 1.64. The van der Waals surface area contributed by atoms with Gasteiger partial charge in [0.1, 0.15) is 0 Å². The molecule has 6 heteroatoms. The van der Waals surface area contributed by atoms with E-state index in [0.29, 0.717) is 23.8 Å². The van der Waals surface area contributed by atoms with Crippen molar-refractivity contribution in [3.8, 4) is 0 Å². The third-order valence-corrected chi connectivity index (χ3v) is 5.25. The number of nitrogens with one attached hydrogen (secondary N) is 2. The first-order chi connectivity index (χ1) is 13.7. The SMILES string of the molecule is CN(C(=O)c1ccco1)c1ccccc1C(=O)NCCNC1CCCCCC1. The standard InChI is InChI=1S/C22H29N3O3/c1-25(22(27)20-13-8-16-28-20)19-12-7-6-11-18(19)21(26)24-15-14-23-17-9-4-2-3-5-10-17/h6-8,11-13,16-17,23H,2-5,9-10,14-15H2,1H3,(H,24,26). The highest BCUT2D eigenvalue weighted by Crippen LogP contribution is 2.21. The Morgan fingerprint density at radius 3 is 2.50 bits per heavy atom. The third kappa shape index (κ3) is 5.23. The maximum absolute atomic E-state index is 12.7. The molecule has 6 nitrogen and oxygen atoms in total. The lowest BCUT2D eigenvalue weighted by Gasteiger charge is -2.20. The number of benzene rings is 1. The Balaban J connectivity index is 1.55. The molecule has 0 saturated heterocycles. The number of nitrogens with zero attached hydrogens (tertiary/aromatic N) is 1. The van der Waals surface area contributed by atoms with Crippen LogP contribution in [0.1, 0.15) is 59.4 Å². The Bertz CT molecular complexity index is 765. The Morgan fingerprint density at radius 1 is 1.04 bits per heavy atom. The van der Waals surface area contributed by atoms with Crippen LogP contribution in [0.15, 0.2) is 47.1 Å². The fourth-order valence-electron chi connectivity index (χ4n) is 3.66. The van der Waals surface area contributed by atoms with Crippen molar-refractivity contribution in [2.45, 2.75) is 44.6 Å². The van der Waals surface area contributed by atoms with Crippen LogP contribution in [-0.2, 0) is 0 Å². The molecular weight excluding hydrogens is 354 g/mol. The molecule has 1 saturated carbocycles. The molecule has 3 rings (SSSR count). The van der Waals surface area contributed by atoms with Gasteiger partial charge in [-0.1, -0.05) is 37.8 Å². The van der Waals surface area contributed by atoms with Crippen LogP contribution in [-0.4, -0.2) is 38.0 Å². The average Bonchev–Trinajstić information content (AvgIpc) is 3.14. The number of amides is 2. The smallest absolute Gasteiger partial charge is 0.293 e. The first-order valence-corrected chi connectivity index (χ1v) is 10.1. The normalized spacial score (nSPS) is 15.0. The van der Waals surface area contributed by atoms with E-state index >= 15 is 0 Å². The topological polar surface area (TPSA) is 74.6 Å². The summed E-state index contributed by atoms with van der Waals surface area (Å²) in [6, 6.07) is 10.9. The zero-order valence-electron chi connectivity index (χ0n) is 16.4. The van der Waals surface area contributed by atoms with Gasteiger partial charge >= 0.3 is 0 Å². The minimum atomic E-state index is -0.291. The summed E-state index contributed by atoms with van der Waals surface area (Å²) < 4.78 is 5.18. The summed E-state index contributed by atoms with van der Waals surface area (Å²) in [6.07, 6.45) is 9.13. The lowest BCUT2D eigenvalue weighted by Crippen LogP contribution is -2.37. The molecule has 1 fully saturated rings. The molecule has 28 heavy (non-hydrogen) atoms. The largest absolute Gasteiger partial charge is 0.459 e. The highest BCUT2D eigenvalue weighted by molar-refractivity contribution is 6.09. The van der Waals surface area contributed by atoms with E-state index in [1.54, 1.807) is 37.4 Å². The van der Waals surface area contributed by atoms with E-state index < -0.39 is 0 Å². The molecule has 1 heterocycles. The molecule has 1 aromatic heterocycles. The molecule has 1 aliphatic rings. The molecule has 2 amide bonds. The molecule has 2 aromatic rings. The van der Waals surface area contributed by atoms with Gasteiger partial charge in [0.2, 0.25) is 0 Å². The summed E-state index contributed by atoms with van der Waals surface area (Å²) in [4.78, 5) is 26.7. The Morgan fingerprint density at radius 2 is 1.79 bits per heavy atom. The van der Waals surface area contributed by atoms with Gasteiger partial charge in [-0.15, -0.1) is 0 Å². The molecule has 1 aromatic carbocycles. The Kier molecular flexibility index (Phi) is 7.25. The lowest BCUT2D eigenvalue weighted by atomic mass is 10.1. The Hall–Kier alpha value is -2.60. The predicted octanol–water partition coefficient (Wildman–Crippen LogP) is 3.60. The van der Waals surface area contributed by atoms with Crippen molar-refractivity contribution in [3.05, 3.63) is 54.0 Å². The number of hydrogen-bond donors (Lipinski definition) is 2. The zero-order valence-corrected chi connectivity index (χ0v) is 16.4. The molecule has 1 aliphatic carbocycles. The summed E-state index contributed by atoms with van der Waals surface area (Å²) >= 11 is 0. The lowest BCUT2D eigenvalue weighted by molar-refractivity contribution is 0.0953. The van der Waals surface area contributed by atoms with E-state index in [1.807, 2.05) is 6.07 Å². The second-order valence-corrected chi connectivity index (χ2v) is 7.26. The van der Waals surface area contributed by atoms with Gasteiger partial charge in [0.05, 0.1) is 17.5 Å². The second-order valence-electron chi connectivity index (χ2n) is 7.26. The van der Waals surface area contributed by atoms with Crippen LogP contribution >= 0.6 is 0 Å². The molecule has 0 spiro atoms. The summed E-state index contributed by atoms with van der Waals surface area (Å²) in [5.41, 5.74) is 1.03. The molecule has 0 bridgehead atoms. The number of carbonyl (C=O) groups excluding carboxylic acids is 2.